The molecule has 1 heterocycles. The number of hydrogen-bond acceptors (Lipinski definition) is 6. The molecular weight excluding hydrogens is 302 g/mol. The van der Waals surface area contributed by atoms with Crippen LogP contribution in [0.5, 0.6) is 0 Å². The van der Waals surface area contributed by atoms with Crippen LogP contribution in [0.1, 0.15) is 0 Å². The van der Waals surface area contributed by atoms with Crippen LogP contribution in [0.15, 0.2) is 0 Å². The second kappa shape index (κ2) is 7.69. The molecule has 1 aliphatic heterocycles. The zero-order valence-corrected chi connectivity index (χ0v) is 12.8. The molecule has 0 radical (unpaired) electrons. The Kier molecular flexibility index (Phi) is 6.52. The van der Waals surface area contributed by atoms with Crippen LogP contribution < -0.4 is 0 Å². The molecule has 9 nitrogen and oxygen atoms in total. The van der Waals surface area contributed by atoms with Crippen molar-refractivity contribution in [3.05, 3.63) is 0 Å². The zero-order valence-electron chi connectivity index (χ0n) is 11.9. The molecule has 0 aliphatic carbocycles. The highest BCUT2D eigenvalue weighted by atomic mass is 32.2. The molecular formula is C11H21N3O6S. The van der Waals surface area contributed by atoms with Crippen LogP contribution in [-0.2, 0) is 19.6 Å². The van der Waals surface area contributed by atoms with Crippen LogP contribution in [0.4, 0.5) is 0 Å². The van der Waals surface area contributed by atoms with Gasteiger partial charge in [0.15, 0.2) is 0 Å². The summed E-state index contributed by atoms with van der Waals surface area (Å²) in [5.74, 6) is -1.99. The molecule has 0 saturated carbocycles. The molecule has 0 spiro atoms. The number of nitrogens with zero attached hydrogens (tertiary/aromatic N) is 3. The molecule has 1 rings (SSSR count). The fourth-order valence-corrected chi connectivity index (χ4v) is 2.98. The summed E-state index contributed by atoms with van der Waals surface area (Å²) in [5, 5.41) is 17.7. The predicted molar refractivity (Wildman–Crippen MR) is 74.6 cm³/mol. The monoisotopic (exact) mass is 323 g/mol. The van der Waals surface area contributed by atoms with E-state index < -0.39 is 22.0 Å². The van der Waals surface area contributed by atoms with Gasteiger partial charge in [0.1, 0.15) is 0 Å². The van der Waals surface area contributed by atoms with Gasteiger partial charge in [0, 0.05) is 39.3 Å². The lowest BCUT2D eigenvalue weighted by molar-refractivity contribution is -0.140. The molecule has 122 valence electrons. The first-order valence-corrected chi connectivity index (χ1v) is 8.36. The fraction of sp³-hybridized carbons (Fsp3) is 0.818. The van der Waals surface area contributed by atoms with Gasteiger partial charge in [-0.1, -0.05) is 0 Å². The Bertz CT molecular complexity index is 452. The maximum absolute atomic E-state index is 11.7. The fourth-order valence-electron chi connectivity index (χ4n) is 2.15. The van der Waals surface area contributed by atoms with E-state index in [9.17, 15) is 18.0 Å². The molecule has 1 saturated heterocycles. The molecule has 10 heteroatoms. The van der Waals surface area contributed by atoms with Crippen molar-refractivity contribution in [2.24, 2.45) is 0 Å². The largest absolute Gasteiger partial charge is 0.480 e. The molecule has 0 aromatic heterocycles. The van der Waals surface area contributed by atoms with Gasteiger partial charge in [-0.15, -0.1) is 0 Å². The Morgan fingerprint density at radius 2 is 1.19 bits per heavy atom. The third-order valence-electron chi connectivity index (χ3n) is 3.25. The highest BCUT2D eigenvalue weighted by Gasteiger charge is 2.23. The quantitative estimate of drug-likeness (QED) is 0.598. The van der Waals surface area contributed by atoms with Crippen molar-refractivity contribution in [1.29, 1.82) is 0 Å². The molecule has 0 aromatic carbocycles. The van der Waals surface area contributed by atoms with Crippen molar-refractivity contribution in [2.45, 2.75) is 0 Å². The first-order valence-electron chi connectivity index (χ1n) is 6.52. The Labute approximate surface area is 123 Å². The van der Waals surface area contributed by atoms with Gasteiger partial charge in [-0.3, -0.25) is 19.4 Å². The van der Waals surface area contributed by atoms with E-state index in [1.807, 2.05) is 0 Å². The minimum absolute atomic E-state index is 0.196. The molecule has 0 atom stereocenters. The van der Waals surface area contributed by atoms with Crippen molar-refractivity contribution in [2.75, 3.05) is 58.6 Å². The predicted octanol–water partition coefficient (Wildman–Crippen LogP) is -1.97. The third kappa shape index (κ3) is 6.85. The number of hydrogen-bond donors (Lipinski definition) is 2. The summed E-state index contributed by atoms with van der Waals surface area (Å²) >= 11 is 0. The van der Waals surface area contributed by atoms with Crippen LogP contribution >= 0.6 is 0 Å². The Hall–Kier alpha value is -1.23. The van der Waals surface area contributed by atoms with Crippen molar-refractivity contribution in [1.82, 2.24) is 14.1 Å². The lowest BCUT2D eigenvalue weighted by Crippen LogP contribution is -2.40. The van der Waals surface area contributed by atoms with Crippen molar-refractivity contribution in [3.63, 3.8) is 0 Å². The van der Waals surface area contributed by atoms with E-state index in [-0.39, 0.29) is 26.2 Å². The van der Waals surface area contributed by atoms with Gasteiger partial charge in [-0.25, -0.2) is 8.42 Å². The summed E-state index contributed by atoms with van der Waals surface area (Å²) in [6, 6.07) is 0. The molecule has 2 N–H and O–H groups in total. The lowest BCUT2D eigenvalue weighted by Gasteiger charge is -2.23. The maximum Gasteiger partial charge on any atom is 0.317 e. The molecule has 0 unspecified atom stereocenters. The minimum atomic E-state index is -3.40. The Morgan fingerprint density at radius 1 is 0.857 bits per heavy atom. The zero-order chi connectivity index (χ0) is 16.0. The molecule has 0 bridgehead atoms. The standard InChI is InChI=1S/C11H21N3O6S/c1-21(19,20)14-6-4-12(8-10(15)16)2-3-13(5-7-14)9-11(17)18/h2-9H2,1H3,(H,15,16)(H,17,18). The van der Waals surface area contributed by atoms with Crippen LogP contribution in [0.2, 0.25) is 0 Å². The summed E-state index contributed by atoms with van der Waals surface area (Å²) in [5.41, 5.74) is 0. The van der Waals surface area contributed by atoms with Crippen LogP contribution in [-0.4, -0.2) is 103 Å². The van der Waals surface area contributed by atoms with Gasteiger partial charge in [0.25, 0.3) is 0 Å². The number of carboxylic acid groups (broad SMARTS) is 2. The van der Waals surface area contributed by atoms with Gasteiger partial charge in [-0.05, 0) is 0 Å². The first-order chi connectivity index (χ1) is 9.68. The highest BCUT2D eigenvalue weighted by molar-refractivity contribution is 7.88. The van der Waals surface area contributed by atoms with Gasteiger partial charge < -0.3 is 10.2 Å². The molecule has 1 fully saturated rings. The summed E-state index contributed by atoms with van der Waals surface area (Å²) in [7, 11) is -3.40. The smallest absolute Gasteiger partial charge is 0.317 e. The topological polar surface area (TPSA) is 118 Å². The number of sulfonamides is 1. The number of aliphatic carboxylic acids is 2. The number of carboxylic acids is 2. The SMILES string of the molecule is CS(=O)(=O)N1CCN(CC(=O)O)CCN(CC(=O)O)CC1. The summed E-state index contributed by atoms with van der Waals surface area (Å²) < 4.78 is 24.6. The van der Waals surface area contributed by atoms with Crippen LogP contribution in [0.25, 0.3) is 0 Å². The van der Waals surface area contributed by atoms with Crippen molar-refractivity contribution >= 4 is 22.0 Å². The average Bonchev–Trinajstić information content (AvgIpc) is 2.39. The van der Waals surface area contributed by atoms with Gasteiger partial charge in [0.2, 0.25) is 10.0 Å². The van der Waals surface area contributed by atoms with E-state index in [1.165, 1.54) is 4.31 Å². The van der Waals surface area contributed by atoms with Crippen molar-refractivity contribution < 1.29 is 28.2 Å². The second-order valence-corrected chi connectivity index (χ2v) is 6.98. The maximum atomic E-state index is 11.7. The Morgan fingerprint density at radius 3 is 1.48 bits per heavy atom. The first kappa shape index (κ1) is 17.8. The average molecular weight is 323 g/mol. The summed E-state index contributed by atoms with van der Waals surface area (Å²) in [4.78, 5) is 24.8. The lowest BCUT2D eigenvalue weighted by atomic mass is 10.4. The Balaban J connectivity index is 2.81. The van der Waals surface area contributed by atoms with E-state index in [0.717, 1.165) is 6.26 Å². The second-order valence-electron chi connectivity index (χ2n) is 5.00. The number of carbonyl (C=O) groups is 2. The van der Waals surface area contributed by atoms with Crippen molar-refractivity contribution in [3.8, 4) is 0 Å². The van der Waals surface area contributed by atoms with Gasteiger partial charge >= 0.3 is 11.9 Å². The molecule has 21 heavy (non-hydrogen) atoms. The van der Waals surface area contributed by atoms with Crippen LogP contribution in [0.3, 0.4) is 0 Å². The van der Waals surface area contributed by atoms with Gasteiger partial charge in [0.05, 0.1) is 19.3 Å². The van der Waals surface area contributed by atoms with Crippen LogP contribution in [0, 0.1) is 0 Å². The van der Waals surface area contributed by atoms with Gasteiger partial charge in [-0.2, -0.15) is 4.31 Å². The van der Waals surface area contributed by atoms with E-state index in [2.05, 4.69) is 0 Å². The molecule has 1 aliphatic rings. The summed E-state index contributed by atoms with van der Waals surface area (Å²) in [6.07, 6.45) is 1.09. The van der Waals surface area contributed by atoms with E-state index in [0.29, 0.717) is 26.2 Å². The van der Waals surface area contributed by atoms with E-state index in [1.54, 1.807) is 9.80 Å². The third-order valence-corrected chi connectivity index (χ3v) is 4.55. The van der Waals surface area contributed by atoms with E-state index in [4.69, 9.17) is 10.2 Å². The highest BCUT2D eigenvalue weighted by Crippen LogP contribution is 2.04. The molecule has 0 amide bonds. The molecule has 0 aromatic rings. The number of rotatable bonds is 5. The summed E-state index contributed by atoms with van der Waals surface area (Å²) in [6.45, 7) is 1.39. The normalized spacial score (nSPS) is 20.4. The van der Waals surface area contributed by atoms with E-state index >= 15 is 0 Å². The minimum Gasteiger partial charge on any atom is -0.480 e.